The van der Waals surface area contributed by atoms with Gasteiger partial charge in [-0.3, -0.25) is 0 Å². The zero-order chi connectivity index (χ0) is 23.6. The van der Waals surface area contributed by atoms with Gasteiger partial charge < -0.3 is 43.4 Å². The number of benzene rings is 2. The van der Waals surface area contributed by atoms with Gasteiger partial charge in [-0.2, -0.15) is 0 Å². The van der Waals surface area contributed by atoms with Crippen LogP contribution >= 0.6 is 0 Å². The van der Waals surface area contributed by atoms with Crippen LogP contribution in [0.4, 0.5) is 0 Å². The minimum Gasteiger partial charge on any atom is -1.00 e. The smallest absolute Gasteiger partial charge is 1.00 e. The van der Waals surface area contributed by atoms with Gasteiger partial charge in [0.05, 0.1) is 18.5 Å². The number of nitrogens with zero attached hydrogens (tertiary/aromatic N) is 2. The second-order valence-electron chi connectivity index (χ2n) is 11.1. The monoisotopic (exact) mass is 734 g/mol. The Hall–Kier alpha value is -0.998. The molecule has 2 aromatic carbocycles. The van der Waals surface area contributed by atoms with Gasteiger partial charge >= 0.3 is 20.4 Å². The Balaban J connectivity index is 0.00000133. The number of hydrogen-bond donors (Lipinski definition) is 0. The Morgan fingerprint density at radius 1 is 0.579 bits per heavy atom. The van der Waals surface area contributed by atoms with Crippen molar-refractivity contribution in [2.75, 3.05) is 0 Å². The van der Waals surface area contributed by atoms with Crippen molar-refractivity contribution in [1.82, 2.24) is 0 Å². The van der Waals surface area contributed by atoms with E-state index in [1.165, 1.54) is 49.7 Å². The summed E-state index contributed by atoms with van der Waals surface area (Å²) in [6.45, 7) is 0. The second kappa shape index (κ2) is 14.1. The van der Waals surface area contributed by atoms with Crippen LogP contribution in [0.3, 0.4) is 0 Å². The molecule has 2 aliphatic carbocycles. The van der Waals surface area contributed by atoms with E-state index >= 15 is 0 Å². The molecule has 4 nitrogen and oxygen atoms in total. The maximum Gasteiger partial charge on any atom is 2.00 e. The van der Waals surface area contributed by atoms with Crippen LogP contribution in [-0.4, -0.2) is 35.1 Å². The first-order valence-corrected chi connectivity index (χ1v) is 13.8. The topological polar surface area (TPSA) is 43.2 Å². The van der Waals surface area contributed by atoms with Crippen LogP contribution in [0, 0.1) is 0 Å². The Bertz CT molecular complexity index is 982. The third-order valence-electron chi connectivity index (χ3n) is 8.70. The Labute approximate surface area is 262 Å². The van der Waals surface area contributed by atoms with Crippen LogP contribution in [0.5, 0.6) is 0 Å². The summed E-state index contributed by atoms with van der Waals surface area (Å²) < 4.78 is 13.5. The van der Waals surface area contributed by atoms with Gasteiger partial charge in [0.2, 0.25) is 0 Å². The van der Waals surface area contributed by atoms with Gasteiger partial charge in [-0.1, -0.05) is 73.5 Å². The molecule has 0 amide bonds. The molecule has 2 spiro atoms. The first kappa shape index (κ1) is 31.5. The van der Waals surface area contributed by atoms with E-state index in [0.29, 0.717) is 6.42 Å². The molecule has 2 aromatic rings. The Morgan fingerprint density at radius 2 is 0.947 bits per heavy atom. The minimum atomic E-state index is -0.144. The van der Waals surface area contributed by atoms with E-state index in [9.17, 15) is 0 Å². The van der Waals surface area contributed by atoms with Gasteiger partial charge in [0.1, 0.15) is 11.2 Å². The molecule has 208 valence electrons. The maximum atomic E-state index is 6.76. The molecule has 2 saturated carbocycles. The second-order valence-corrected chi connectivity index (χ2v) is 11.1. The maximum absolute atomic E-state index is 6.76. The fourth-order valence-electron chi connectivity index (χ4n) is 6.84. The van der Waals surface area contributed by atoms with Crippen molar-refractivity contribution in [2.45, 2.75) is 107 Å². The number of ether oxygens (including phenoxy) is 2. The summed E-state index contributed by atoms with van der Waals surface area (Å²) in [6.07, 6.45) is 14.4. The van der Waals surface area contributed by atoms with Crippen molar-refractivity contribution in [1.29, 1.82) is 0 Å². The van der Waals surface area contributed by atoms with Crippen molar-refractivity contribution < 1.29 is 63.9 Å². The SMILES string of the molecule is [Br-].[Br-].[Pd+2].c1ccc(C[C@H]2N=C(CC3=N[C@H](Cc4ccccc4)C4(CCCCC4)O3)OC23CCCCC3)cc1. The third kappa shape index (κ3) is 6.83. The average molecular weight is 737 g/mol. The zero-order valence-corrected chi connectivity index (χ0v) is 26.6. The summed E-state index contributed by atoms with van der Waals surface area (Å²) in [5.74, 6) is 1.69. The largest absolute Gasteiger partial charge is 2.00 e. The molecular weight excluding hydrogens is 699 g/mol. The predicted molar refractivity (Wildman–Crippen MR) is 141 cm³/mol. The Morgan fingerprint density at radius 3 is 1.32 bits per heavy atom. The van der Waals surface area contributed by atoms with E-state index < -0.39 is 0 Å². The molecule has 0 radical (unpaired) electrons. The minimum absolute atomic E-state index is 0. The number of halogens is 2. The molecule has 0 aromatic heterocycles. The van der Waals surface area contributed by atoms with Crippen molar-refractivity contribution in [3.63, 3.8) is 0 Å². The normalized spacial score (nSPS) is 24.6. The predicted octanol–water partition coefficient (Wildman–Crippen LogP) is 0.868. The van der Waals surface area contributed by atoms with Crippen LogP contribution in [-0.2, 0) is 42.7 Å². The van der Waals surface area contributed by atoms with E-state index in [0.717, 1.165) is 50.3 Å². The van der Waals surface area contributed by atoms with Crippen LogP contribution in [0.2, 0.25) is 0 Å². The van der Waals surface area contributed by atoms with Crippen molar-refractivity contribution in [3.8, 4) is 0 Å². The molecule has 0 bridgehead atoms. The molecule has 38 heavy (non-hydrogen) atoms. The number of rotatable bonds is 6. The first-order chi connectivity index (χ1) is 17.2. The van der Waals surface area contributed by atoms with Gasteiger partial charge in [-0.15, -0.1) is 0 Å². The summed E-state index contributed by atoms with van der Waals surface area (Å²) in [5, 5.41) is 0. The number of hydrogen-bond acceptors (Lipinski definition) is 4. The molecule has 2 aliphatic heterocycles. The fraction of sp³-hybridized carbons (Fsp3) is 0.548. The van der Waals surface area contributed by atoms with Crippen LogP contribution < -0.4 is 34.0 Å². The molecular formula is C31H38Br2N2O2Pd. The van der Waals surface area contributed by atoms with E-state index in [4.69, 9.17) is 19.5 Å². The third-order valence-corrected chi connectivity index (χ3v) is 8.70. The van der Waals surface area contributed by atoms with Crippen LogP contribution in [0.25, 0.3) is 0 Å². The summed E-state index contributed by atoms with van der Waals surface area (Å²) >= 11 is 0. The Kier molecular flexibility index (Phi) is 11.7. The standard InChI is InChI=1S/C31H38N2O2.2BrH.Pd/c1-5-13-24(14-6-1)21-26-30(17-9-3-10-18-30)34-28(32-26)23-29-33-27(22-25-15-7-2-8-16-25)31(35-29)19-11-4-12-20-31;;;/h1-2,5-8,13-16,26-27H,3-4,9-12,17-23H2;2*1H;/q;;;+2/p-2/t26-,27-;;;/m1.../s1. The number of aliphatic imine (C=N–C) groups is 2. The molecule has 6 rings (SSSR count). The van der Waals surface area contributed by atoms with Crippen molar-refractivity contribution in [2.24, 2.45) is 9.98 Å². The molecule has 2 fully saturated rings. The van der Waals surface area contributed by atoms with E-state index in [1.54, 1.807) is 0 Å². The average Bonchev–Trinajstić information content (AvgIpc) is 3.37. The summed E-state index contributed by atoms with van der Waals surface area (Å²) in [6, 6.07) is 21.9. The summed E-state index contributed by atoms with van der Waals surface area (Å²) in [7, 11) is 0. The van der Waals surface area contributed by atoms with E-state index in [2.05, 4.69) is 60.7 Å². The molecule has 4 aliphatic rings. The molecule has 2 atom stereocenters. The molecule has 0 N–H and O–H groups in total. The summed E-state index contributed by atoms with van der Waals surface area (Å²) in [4.78, 5) is 10.4. The molecule has 0 unspecified atom stereocenters. The van der Waals surface area contributed by atoms with E-state index in [1.807, 2.05) is 0 Å². The van der Waals surface area contributed by atoms with Gasteiger partial charge in [0.15, 0.2) is 11.8 Å². The van der Waals surface area contributed by atoms with Gasteiger partial charge in [-0.25, -0.2) is 9.98 Å². The van der Waals surface area contributed by atoms with Crippen LogP contribution in [0.1, 0.15) is 81.8 Å². The molecule has 0 saturated heterocycles. The van der Waals surface area contributed by atoms with E-state index in [-0.39, 0.29) is 77.7 Å². The van der Waals surface area contributed by atoms with Crippen molar-refractivity contribution >= 4 is 11.8 Å². The molecule has 7 heteroatoms. The quantitative estimate of drug-likeness (QED) is 0.414. The zero-order valence-electron chi connectivity index (χ0n) is 21.9. The summed E-state index contributed by atoms with van der Waals surface area (Å²) in [5.41, 5.74) is 2.40. The fourth-order valence-corrected chi connectivity index (χ4v) is 6.84. The van der Waals surface area contributed by atoms with Gasteiger partial charge in [0.25, 0.3) is 0 Å². The van der Waals surface area contributed by atoms with Crippen molar-refractivity contribution in [3.05, 3.63) is 71.8 Å². The van der Waals surface area contributed by atoms with Gasteiger partial charge in [-0.05, 0) is 75.3 Å². The van der Waals surface area contributed by atoms with Gasteiger partial charge in [0, 0.05) is 0 Å². The molecule has 2 heterocycles. The van der Waals surface area contributed by atoms with Crippen LogP contribution in [0.15, 0.2) is 70.6 Å². The first-order valence-electron chi connectivity index (χ1n) is 13.8.